The molecule has 0 atom stereocenters. The number of rotatable bonds is 6. The van der Waals surface area contributed by atoms with Gasteiger partial charge in [-0.2, -0.15) is 0 Å². The summed E-state index contributed by atoms with van der Waals surface area (Å²) in [5, 5.41) is 0. The van der Waals surface area contributed by atoms with Crippen LogP contribution in [0.2, 0.25) is 0 Å². The molecule has 0 aliphatic rings. The summed E-state index contributed by atoms with van der Waals surface area (Å²) in [5.74, 6) is 2.58. The van der Waals surface area contributed by atoms with E-state index >= 15 is 0 Å². The molecule has 1 radical (unpaired) electrons. The summed E-state index contributed by atoms with van der Waals surface area (Å²) >= 11 is 0. The quantitative estimate of drug-likeness (QED) is 0.763. The van der Waals surface area contributed by atoms with Gasteiger partial charge >= 0.3 is 7.69 Å². The van der Waals surface area contributed by atoms with E-state index in [2.05, 4.69) is 0 Å². The van der Waals surface area contributed by atoms with Crippen LogP contribution in [0.1, 0.15) is 11.1 Å². The van der Waals surface area contributed by atoms with E-state index in [0.717, 1.165) is 11.1 Å². The van der Waals surface area contributed by atoms with Gasteiger partial charge in [-0.1, -0.05) is 24.3 Å². The number of methoxy groups -OCH3 is 2. The van der Waals surface area contributed by atoms with Gasteiger partial charge in [-0.05, 0) is 37.1 Å². The molecule has 2 rings (SSSR count). The minimum absolute atomic E-state index is 0.601. The maximum Gasteiger partial charge on any atom is 0.658 e. The molecule has 0 aliphatic carbocycles. The number of ether oxygens (including phenoxy) is 2. The second-order valence-electron chi connectivity index (χ2n) is 4.54. The summed E-state index contributed by atoms with van der Waals surface area (Å²) in [7, 11) is 4.49. The van der Waals surface area contributed by atoms with Crippen LogP contribution in [0.15, 0.2) is 36.4 Å². The van der Waals surface area contributed by atoms with E-state index in [1.165, 1.54) is 7.69 Å². The highest BCUT2D eigenvalue weighted by Gasteiger charge is 2.12. The molecule has 0 unspecified atom stereocenters. The van der Waals surface area contributed by atoms with Crippen LogP contribution >= 0.6 is 0 Å². The molecule has 0 heterocycles. The predicted molar refractivity (Wildman–Crippen MR) is 82.5 cm³/mol. The second-order valence-corrected chi connectivity index (χ2v) is 4.54. The van der Waals surface area contributed by atoms with Crippen molar-refractivity contribution in [1.82, 2.24) is 0 Å². The fourth-order valence-corrected chi connectivity index (χ4v) is 2.09. The second kappa shape index (κ2) is 6.93. The van der Waals surface area contributed by atoms with Crippen molar-refractivity contribution in [3.63, 3.8) is 0 Å². The van der Waals surface area contributed by atoms with Gasteiger partial charge in [0.1, 0.15) is 11.5 Å². The van der Waals surface area contributed by atoms with Crippen LogP contribution in [0, 0.1) is 13.8 Å². The van der Waals surface area contributed by atoms with Gasteiger partial charge in [0, 0.05) is 0 Å². The SMILES string of the molecule is COc1c(C)cccc1O[B]Oc1cccc(C)c1OC. The Kier molecular flexibility index (Phi) is 4.98. The van der Waals surface area contributed by atoms with Crippen LogP contribution in [-0.4, -0.2) is 21.9 Å². The number of benzene rings is 2. The van der Waals surface area contributed by atoms with Crippen molar-refractivity contribution in [1.29, 1.82) is 0 Å². The number of aryl methyl sites for hydroxylation is 2. The van der Waals surface area contributed by atoms with Crippen LogP contribution < -0.4 is 18.8 Å². The molecule has 4 nitrogen and oxygen atoms in total. The van der Waals surface area contributed by atoms with E-state index < -0.39 is 0 Å². The maximum absolute atomic E-state index is 5.52. The van der Waals surface area contributed by atoms with E-state index in [0.29, 0.717) is 23.0 Å². The molecule has 2 aromatic rings. The van der Waals surface area contributed by atoms with Crippen LogP contribution in [0.25, 0.3) is 0 Å². The van der Waals surface area contributed by atoms with E-state index in [1.807, 2.05) is 50.2 Å². The van der Waals surface area contributed by atoms with Gasteiger partial charge in [0.15, 0.2) is 11.5 Å². The smallest absolute Gasteiger partial charge is 0.524 e. The lowest BCUT2D eigenvalue weighted by Crippen LogP contribution is -2.12. The molecule has 0 bridgehead atoms. The summed E-state index contributed by atoms with van der Waals surface area (Å²) in [4.78, 5) is 0. The highest BCUT2D eigenvalue weighted by atomic mass is 16.6. The lowest BCUT2D eigenvalue weighted by atomic mass is 10.2. The zero-order chi connectivity index (χ0) is 15.2. The van der Waals surface area contributed by atoms with E-state index in [9.17, 15) is 0 Å². The predicted octanol–water partition coefficient (Wildman–Crippen LogP) is 3.31. The van der Waals surface area contributed by atoms with Gasteiger partial charge in [-0.25, -0.2) is 0 Å². The average molecular weight is 285 g/mol. The zero-order valence-electron chi connectivity index (χ0n) is 12.7. The Hall–Kier alpha value is -2.30. The van der Waals surface area contributed by atoms with Gasteiger partial charge in [-0.3, -0.25) is 0 Å². The molecular formula is C16H18BO4. The largest absolute Gasteiger partial charge is 0.658 e. The van der Waals surface area contributed by atoms with Crippen molar-refractivity contribution in [3.05, 3.63) is 47.5 Å². The Morgan fingerprint density at radius 2 is 1.14 bits per heavy atom. The molecule has 0 amide bonds. The fourth-order valence-electron chi connectivity index (χ4n) is 2.09. The molecule has 0 aromatic heterocycles. The Morgan fingerprint density at radius 3 is 1.52 bits per heavy atom. The highest BCUT2D eigenvalue weighted by Crippen LogP contribution is 2.32. The number of para-hydroxylation sites is 2. The molecule has 0 spiro atoms. The van der Waals surface area contributed by atoms with Crippen LogP contribution in [0.3, 0.4) is 0 Å². The van der Waals surface area contributed by atoms with Gasteiger partial charge in [0.2, 0.25) is 0 Å². The molecule has 0 aliphatic heterocycles. The van der Waals surface area contributed by atoms with Gasteiger partial charge < -0.3 is 18.8 Å². The van der Waals surface area contributed by atoms with Gasteiger partial charge in [0.05, 0.1) is 14.2 Å². The highest BCUT2D eigenvalue weighted by molar-refractivity contribution is 6.21. The summed E-state index contributed by atoms with van der Waals surface area (Å²) < 4.78 is 21.7. The number of hydrogen-bond acceptors (Lipinski definition) is 4. The molecule has 5 heteroatoms. The summed E-state index contributed by atoms with van der Waals surface area (Å²) in [6.45, 7) is 3.91. The standard InChI is InChI=1S/C16H18BO4/c1-11-7-5-9-13(15(11)18-3)20-17-21-14-10-6-8-12(2)16(14)19-4/h5-10H,1-4H3. The van der Waals surface area contributed by atoms with Crippen LogP contribution in [0.4, 0.5) is 0 Å². The molecule has 0 N–H and O–H groups in total. The molecule has 0 saturated heterocycles. The maximum atomic E-state index is 5.52. The lowest BCUT2D eigenvalue weighted by molar-refractivity contribution is 0.367. The number of hydrogen-bond donors (Lipinski definition) is 0. The topological polar surface area (TPSA) is 36.9 Å². The Bertz CT molecular complexity index is 560. The molecule has 2 aromatic carbocycles. The first-order chi connectivity index (χ1) is 10.2. The fraction of sp³-hybridized carbons (Fsp3) is 0.250. The minimum atomic E-state index is 0.601. The third-order valence-corrected chi connectivity index (χ3v) is 3.11. The van der Waals surface area contributed by atoms with Gasteiger partial charge in [0.25, 0.3) is 0 Å². The summed E-state index contributed by atoms with van der Waals surface area (Å²) in [6, 6.07) is 11.3. The van der Waals surface area contributed by atoms with E-state index in [1.54, 1.807) is 14.2 Å². The van der Waals surface area contributed by atoms with E-state index in [-0.39, 0.29) is 0 Å². The normalized spacial score (nSPS) is 9.90. The van der Waals surface area contributed by atoms with Crippen molar-refractivity contribution in [2.24, 2.45) is 0 Å². The first kappa shape index (κ1) is 15.1. The lowest BCUT2D eigenvalue weighted by Gasteiger charge is -2.14. The molecule has 21 heavy (non-hydrogen) atoms. The first-order valence-electron chi connectivity index (χ1n) is 6.59. The Morgan fingerprint density at radius 1 is 0.714 bits per heavy atom. The third kappa shape index (κ3) is 3.43. The summed E-state index contributed by atoms with van der Waals surface area (Å²) in [6.07, 6.45) is 0. The van der Waals surface area contributed by atoms with Crippen molar-refractivity contribution in [2.45, 2.75) is 13.8 Å². The Balaban J connectivity index is 2.06. The zero-order valence-corrected chi connectivity index (χ0v) is 12.7. The Labute approximate surface area is 125 Å². The third-order valence-electron chi connectivity index (χ3n) is 3.11. The monoisotopic (exact) mass is 285 g/mol. The van der Waals surface area contributed by atoms with Crippen molar-refractivity contribution < 1.29 is 18.8 Å². The van der Waals surface area contributed by atoms with E-state index in [4.69, 9.17) is 18.8 Å². The molecule has 109 valence electrons. The summed E-state index contributed by atoms with van der Waals surface area (Å²) in [5.41, 5.74) is 1.99. The van der Waals surface area contributed by atoms with Crippen molar-refractivity contribution in [2.75, 3.05) is 14.2 Å². The van der Waals surface area contributed by atoms with Crippen molar-refractivity contribution in [3.8, 4) is 23.0 Å². The van der Waals surface area contributed by atoms with Gasteiger partial charge in [-0.15, -0.1) is 0 Å². The molecular weight excluding hydrogens is 267 g/mol. The van der Waals surface area contributed by atoms with Crippen LogP contribution in [0.5, 0.6) is 23.0 Å². The minimum Gasteiger partial charge on any atom is -0.524 e. The van der Waals surface area contributed by atoms with Crippen molar-refractivity contribution >= 4 is 7.69 Å². The molecule has 0 saturated carbocycles. The molecule has 0 fully saturated rings. The van der Waals surface area contributed by atoms with Crippen LogP contribution in [-0.2, 0) is 0 Å². The first-order valence-corrected chi connectivity index (χ1v) is 6.59. The average Bonchev–Trinajstić information content (AvgIpc) is 2.47.